The molecule has 4 heteroatoms. The molecule has 0 amide bonds. The van der Waals surface area contributed by atoms with Gasteiger partial charge in [0.2, 0.25) is 0 Å². The number of hydrogen-bond donors (Lipinski definition) is 4. The minimum atomic E-state index is 0.243. The molecule has 0 aliphatic carbocycles. The Morgan fingerprint density at radius 1 is 0.789 bits per heavy atom. The fourth-order valence-corrected chi connectivity index (χ4v) is 2.02. The topological polar surface area (TPSA) is 64.5 Å². The number of rotatable bonds is 4. The molecule has 100 valence electrons. The average molecular weight is 258 g/mol. The van der Waals surface area contributed by atoms with Gasteiger partial charge in [-0.1, -0.05) is 12.1 Å². The molecule has 0 bridgehead atoms. The van der Waals surface area contributed by atoms with Gasteiger partial charge in [-0.15, -0.1) is 0 Å². The van der Waals surface area contributed by atoms with E-state index in [1.165, 1.54) is 0 Å². The molecule has 0 aliphatic heterocycles. The van der Waals surface area contributed by atoms with Crippen LogP contribution in [0.25, 0.3) is 0 Å². The van der Waals surface area contributed by atoms with Gasteiger partial charge in [0.15, 0.2) is 0 Å². The zero-order chi connectivity index (χ0) is 13.8. The molecule has 0 spiro atoms. The fraction of sp³-hybridized carbons (Fsp3) is 0.200. The molecule has 0 aromatic heterocycles. The highest BCUT2D eigenvalue weighted by Crippen LogP contribution is 2.27. The zero-order valence-corrected chi connectivity index (χ0v) is 11.1. The van der Waals surface area contributed by atoms with Gasteiger partial charge in [-0.2, -0.15) is 0 Å². The van der Waals surface area contributed by atoms with Crippen molar-refractivity contribution in [2.45, 2.75) is 6.42 Å². The standard InChI is InChI=1S/C15H18N2O2/c1-16-12-8-10(3-5-14(12)18)7-11-4-6-15(19)13(9-11)17-2/h3-6,8-9,16-19H,7H2,1-2H3. The predicted molar refractivity (Wildman–Crippen MR) is 78.1 cm³/mol. The number of phenols is 2. The lowest BCUT2D eigenvalue weighted by Gasteiger charge is -2.09. The molecular weight excluding hydrogens is 240 g/mol. The third-order valence-corrected chi connectivity index (χ3v) is 3.07. The van der Waals surface area contributed by atoms with Gasteiger partial charge < -0.3 is 20.8 Å². The summed E-state index contributed by atoms with van der Waals surface area (Å²) in [5.41, 5.74) is 3.61. The Hall–Kier alpha value is -2.36. The van der Waals surface area contributed by atoms with Crippen molar-refractivity contribution in [2.75, 3.05) is 24.7 Å². The molecule has 2 rings (SSSR count). The van der Waals surface area contributed by atoms with Crippen LogP contribution in [0.1, 0.15) is 11.1 Å². The molecule has 0 unspecified atom stereocenters. The molecule has 19 heavy (non-hydrogen) atoms. The second-order valence-corrected chi connectivity index (χ2v) is 4.38. The van der Waals surface area contributed by atoms with Crippen LogP contribution in [0, 0.1) is 0 Å². The monoisotopic (exact) mass is 258 g/mol. The SMILES string of the molecule is CNc1cc(Cc2ccc(O)c(NC)c2)ccc1O. The smallest absolute Gasteiger partial charge is 0.138 e. The summed E-state index contributed by atoms with van der Waals surface area (Å²) >= 11 is 0. The Balaban J connectivity index is 2.25. The number of nitrogens with one attached hydrogen (secondary N) is 2. The Morgan fingerprint density at radius 3 is 1.58 bits per heavy atom. The quantitative estimate of drug-likeness (QED) is 0.637. The van der Waals surface area contributed by atoms with Gasteiger partial charge in [-0.3, -0.25) is 0 Å². The van der Waals surface area contributed by atoms with Gasteiger partial charge >= 0.3 is 0 Å². The number of anilines is 2. The maximum atomic E-state index is 9.61. The van der Waals surface area contributed by atoms with Gasteiger partial charge in [0.05, 0.1) is 11.4 Å². The summed E-state index contributed by atoms with van der Waals surface area (Å²) in [6.07, 6.45) is 0.740. The molecule has 4 nitrogen and oxygen atoms in total. The highest BCUT2D eigenvalue weighted by atomic mass is 16.3. The van der Waals surface area contributed by atoms with E-state index >= 15 is 0 Å². The Labute approximate surface area is 112 Å². The van der Waals surface area contributed by atoms with Crippen molar-refractivity contribution in [2.24, 2.45) is 0 Å². The maximum absolute atomic E-state index is 9.61. The van der Waals surface area contributed by atoms with Crippen LogP contribution in [0.3, 0.4) is 0 Å². The van der Waals surface area contributed by atoms with E-state index in [1.54, 1.807) is 26.2 Å². The first-order valence-corrected chi connectivity index (χ1v) is 6.13. The molecule has 0 fully saturated rings. The molecule has 0 radical (unpaired) electrons. The lowest BCUT2D eigenvalue weighted by molar-refractivity contribution is 0.477. The first-order chi connectivity index (χ1) is 9.13. The van der Waals surface area contributed by atoms with Crippen molar-refractivity contribution in [3.63, 3.8) is 0 Å². The molecule has 0 atom stereocenters. The van der Waals surface area contributed by atoms with Gasteiger partial charge in [0.1, 0.15) is 11.5 Å². The molecule has 2 aromatic carbocycles. The van der Waals surface area contributed by atoms with Crippen LogP contribution < -0.4 is 10.6 Å². The van der Waals surface area contributed by atoms with E-state index in [0.29, 0.717) is 11.4 Å². The van der Waals surface area contributed by atoms with E-state index < -0.39 is 0 Å². The molecule has 2 aromatic rings. The summed E-state index contributed by atoms with van der Waals surface area (Å²) in [7, 11) is 3.55. The summed E-state index contributed by atoms with van der Waals surface area (Å²) in [5, 5.41) is 25.1. The highest BCUT2D eigenvalue weighted by Gasteiger charge is 2.04. The van der Waals surface area contributed by atoms with E-state index in [0.717, 1.165) is 17.5 Å². The first kappa shape index (κ1) is 13.1. The van der Waals surface area contributed by atoms with E-state index in [2.05, 4.69) is 10.6 Å². The van der Waals surface area contributed by atoms with Crippen LogP contribution >= 0.6 is 0 Å². The molecule has 0 saturated heterocycles. The van der Waals surface area contributed by atoms with Crippen molar-refractivity contribution in [1.82, 2.24) is 0 Å². The van der Waals surface area contributed by atoms with E-state index in [1.807, 2.05) is 24.3 Å². The average Bonchev–Trinajstić information content (AvgIpc) is 2.43. The summed E-state index contributed by atoms with van der Waals surface area (Å²) in [5.74, 6) is 0.487. The van der Waals surface area contributed by atoms with E-state index in [-0.39, 0.29) is 11.5 Å². The largest absolute Gasteiger partial charge is 0.506 e. The normalized spacial score (nSPS) is 10.2. The van der Waals surface area contributed by atoms with E-state index in [4.69, 9.17) is 0 Å². The number of aromatic hydroxyl groups is 2. The van der Waals surface area contributed by atoms with Gasteiger partial charge in [-0.05, 0) is 41.8 Å². The first-order valence-electron chi connectivity index (χ1n) is 6.13. The second kappa shape index (κ2) is 5.52. The summed E-state index contributed by atoms with van der Waals surface area (Å²) in [6, 6.07) is 11.0. The van der Waals surface area contributed by atoms with Gasteiger partial charge in [0, 0.05) is 14.1 Å². The molecule has 4 N–H and O–H groups in total. The Kier molecular flexibility index (Phi) is 3.80. The number of benzene rings is 2. The molecule has 0 heterocycles. The van der Waals surface area contributed by atoms with Crippen LogP contribution in [0.2, 0.25) is 0 Å². The highest BCUT2D eigenvalue weighted by molar-refractivity contribution is 5.59. The number of hydrogen-bond acceptors (Lipinski definition) is 4. The molecule has 0 aliphatic rings. The van der Waals surface area contributed by atoms with Crippen LogP contribution in [0.5, 0.6) is 11.5 Å². The maximum Gasteiger partial charge on any atom is 0.138 e. The van der Waals surface area contributed by atoms with Crippen molar-refractivity contribution in [1.29, 1.82) is 0 Å². The van der Waals surface area contributed by atoms with Crippen LogP contribution in [0.4, 0.5) is 11.4 Å². The van der Waals surface area contributed by atoms with Gasteiger partial charge in [-0.25, -0.2) is 0 Å². The molecule has 0 saturated carbocycles. The third-order valence-electron chi connectivity index (χ3n) is 3.07. The van der Waals surface area contributed by atoms with Crippen LogP contribution in [0.15, 0.2) is 36.4 Å². The summed E-state index contributed by atoms with van der Waals surface area (Å²) in [4.78, 5) is 0. The van der Waals surface area contributed by atoms with Crippen LogP contribution in [-0.4, -0.2) is 24.3 Å². The number of phenolic OH excluding ortho intramolecular Hbond substituents is 2. The second-order valence-electron chi connectivity index (χ2n) is 4.38. The summed E-state index contributed by atoms with van der Waals surface area (Å²) < 4.78 is 0. The minimum absolute atomic E-state index is 0.243. The molecular formula is C15H18N2O2. The van der Waals surface area contributed by atoms with Crippen molar-refractivity contribution >= 4 is 11.4 Å². The van der Waals surface area contributed by atoms with Crippen molar-refractivity contribution < 1.29 is 10.2 Å². The van der Waals surface area contributed by atoms with E-state index in [9.17, 15) is 10.2 Å². The van der Waals surface area contributed by atoms with Crippen LogP contribution in [-0.2, 0) is 6.42 Å². The fourth-order valence-electron chi connectivity index (χ4n) is 2.02. The lowest BCUT2D eigenvalue weighted by atomic mass is 10.0. The minimum Gasteiger partial charge on any atom is -0.506 e. The van der Waals surface area contributed by atoms with Gasteiger partial charge in [0.25, 0.3) is 0 Å². The van der Waals surface area contributed by atoms with Crippen molar-refractivity contribution in [3.8, 4) is 11.5 Å². The third kappa shape index (κ3) is 2.91. The Bertz CT molecular complexity index is 531. The van der Waals surface area contributed by atoms with Crippen molar-refractivity contribution in [3.05, 3.63) is 47.5 Å². The Morgan fingerprint density at radius 2 is 1.21 bits per heavy atom. The summed E-state index contributed by atoms with van der Waals surface area (Å²) in [6.45, 7) is 0. The predicted octanol–water partition coefficient (Wildman–Crippen LogP) is 2.77. The zero-order valence-electron chi connectivity index (χ0n) is 11.1. The lowest BCUT2D eigenvalue weighted by Crippen LogP contribution is -1.95.